The van der Waals surface area contributed by atoms with Gasteiger partial charge in [-0.2, -0.15) is 0 Å². The molecule has 1 aliphatic rings. The molecule has 0 aliphatic carbocycles. The van der Waals surface area contributed by atoms with Gasteiger partial charge in [-0.05, 0) is 36.8 Å². The largest absolute Gasteiger partial charge is 0.443 e. The van der Waals surface area contributed by atoms with E-state index in [0.717, 1.165) is 0 Å². The van der Waals surface area contributed by atoms with E-state index in [0.29, 0.717) is 22.4 Å². The van der Waals surface area contributed by atoms with Gasteiger partial charge in [-0.1, -0.05) is 29.8 Å². The van der Waals surface area contributed by atoms with Crippen LogP contribution in [0.25, 0.3) is 0 Å². The Morgan fingerprint density at radius 3 is 2.79 bits per heavy atom. The molecule has 0 amide bonds. The Hall–Kier alpha value is -2.66. The third-order valence-corrected chi connectivity index (χ3v) is 4.05. The standard InChI is InChI=1S/C18H13ClO5/c1-18(9-11-4-2-3-5-14(11)16(21)24-18)17(22)23-15-7-6-13(19)8-12(15)10-20/h2-8,10H,9H2,1H3/t18-/m0/s1. The number of cyclic esters (lactones) is 1. The zero-order valence-corrected chi connectivity index (χ0v) is 13.5. The Morgan fingerprint density at radius 1 is 1.29 bits per heavy atom. The number of benzene rings is 2. The van der Waals surface area contributed by atoms with Crippen LogP contribution in [0.4, 0.5) is 0 Å². The van der Waals surface area contributed by atoms with Crippen molar-refractivity contribution < 1.29 is 23.9 Å². The molecule has 5 nitrogen and oxygen atoms in total. The van der Waals surface area contributed by atoms with Crippen molar-refractivity contribution in [2.75, 3.05) is 0 Å². The fraction of sp³-hybridized carbons (Fsp3) is 0.167. The maximum atomic E-state index is 12.5. The second-order valence-electron chi connectivity index (χ2n) is 5.64. The highest BCUT2D eigenvalue weighted by Gasteiger charge is 2.44. The molecule has 3 rings (SSSR count). The highest BCUT2D eigenvalue weighted by molar-refractivity contribution is 6.30. The molecule has 1 atom stereocenters. The van der Waals surface area contributed by atoms with Gasteiger partial charge in [0.15, 0.2) is 6.29 Å². The molecule has 0 bridgehead atoms. The van der Waals surface area contributed by atoms with Crippen molar-refractivity contribution in [2.24, 2.45) is 0 Å². The summed E-state index contributed by atoms with van der Waals surface area (Å²) < 4.78 is 10.6. The van der Waals surface area contributed by atoms with Crippen molar-refractivity contribution in [3.05, 3.63) is 64.2 Å². The molecule has 122 valence electrons. The van der Waals surface area contributed by atoms with Crippen LogP contribution in [-0.4, -0.2) is 23.8 Å². The third-order valence-electron chi connectivity index (χ3n) is 3.82. The van der Waals surface area contributed by atoms with Gasteiger partial charge in [0, 0.05) is 11.4 Å². The predicted molar refractivity (Wildman–Crippen MR) is 86.4 cm³/mol. The Labute approximate surface area is 143 Å². The summed E-state index contributed by atoms with van der Waals surface area (Å²) in [7, 11) is 0. The van der Waals surface area contributed by atoms with Gasteiger partial charge in [-0.25, -0.2) is 9.59 Å². The molecule has 1 aliphatic heterocycles. The number of esters is 2. The lowest BCUT2D eigenvalue weighted by Gasteiger charge is -2.32. The zero-order chi connectivity index (χ0) is 17.3. The average molecular weight is 345 g/mol. The summed E-state index contributed by atoms with van der Waals surface area (Å²) >= 11 is 5.81. The molecule has 0 saturated carbocycles. The number of carbonyl (C=O) groups excluding carboxylic acids is 3. The van der Waals surface area contributed by atoms with E-state index in [1.165, 1.54) is 25.1 Å². The van der Waals surface area contributed by atoms with Crippen LogP contribution in [0.3, 0.4) is 0 Å². The van der Waals surface area contributed by atoms with Crippen LogP contribution in [0.2, 0.25) is 5.02 Å². The van der Waals surface area contributed by atoms with Crippen molar-refractivity contribution in [1.82, 2.24) is 0 Å². The normalized spacial score (nSPS) is 19.2. The van der Waals surface area contributed by atoms with Gasteiger partial charge in [0.25, 0.3) is 0 Å². The van der Waals surface area contributed by atoms with Gasteiger partial charge >= 0.3 is 11.9 Å². The van der Waals surface area contributed by atoms with Crippen LogP contribution in [0.1, 0.15) is 33.2 Å². The van der Waals surface area contributed by atoms with E-state index in [9.17, 15) is 14.4 Å². The first kappa shape index (κ1) is 16.2. The van der Waals surface area contributed by atoms with Crippen molar-refractivity contribution in [3.63, 3.8) is 0 Å². The summed E-state index contributed by atoms with van der Waals surface area (Å²) in [5, 5.41) is 0.348. The van der Waals surface area contributed by atoms with Crippen LogP contribution in [0.15, 0.2) is 42.5 Å². The van der Waals surface area contributed by atoms with Gasteiger partial charge in [0.1, 0.15) is 5.75 Å². The van der Waals surface area contributed by atoms with Crippen molar-refractivity contribution in [1.29, 1.82) is 0 Å². The Bertz CT molecular complexity index is 845. The van der Waals surface area contributed by atoms with E-state index in [1.54, 1.807) is 24.3 Å². The first-order valence-corrected chi connectivity index (χ1v) is 7.59. The number of hydrogen-bond acceptors (Lipinski definition) is 5. The van der Waals surface area contributed by atoms with Crippen LogP contribution in [-0.2, 0) is 16.0 Å². The molecular formula is C18H13ClO5. The molecule has 6 heteroatoms. The summed E-state index contributed by atoms with van der Waals surface area (Å²) in [5.41, 5.74) is -0.185. The SMILES string of the molecule is C[C@@]1(C(=O)Oc2ccc(Cl)cc2C=O)Cc2ccccc2C(=O)O1. The first-order valence-electron chi connectivity index (χ1n) is 7.21. The summed E-state index contributed by atoms with van der Waals surface area (Å²) in [5.74, 6) is -1.27. The van der Waals surface area contributed by atoms with Crippen molar-refractivity contribution in [2.45, 2.75) is 18.9 Å². The van der Waals surface area contributed by atoms with Crippen LogP contribution in [0, 0.1) is 0 Å². The molecule has 0 unspecified atom stereocenters. The molecule has 1 heterocycles. The molecule has 24 heavy (non-hydrogen) atoms. The molecule has 2 aromatic carbocycles. The van der Waals surface area contributed by atoms with Crippen molar-refractivity contribution >= 4 is 29.8 Å². The van der Waals surface area contributed by atoms with Crippen molar-refractivity contribution in [3.8, 4) is 5.75 Å². The molecule has 0 spiro atoms. The van der Waals surface area contributed by atoms with Crippen LogP contribution < -0.4 is 4.74 Å². The molecular weight excluding hydrogens is 332 g/mol. The van der Waals surface area contributed by atoms with Gasteiger partial charge in [0.2, 0.25) is 5.60 Å². The summed E-state index contributed by atoms with van der Waals surface area (Å²) in [6, 6.07) is 11.2. The lowest BCUT2D eigenvalue weighted by molar-refractivity contribution is -0.155. The number of ether oxygens (including phenoxy) is 2. The molecule has 0 fully saturated rings. The number of halogens is 1. The highest BCUT2D eigenvalue weighted by atomic mass is 35.5. The second-order valence-corrected chi connectivity index (χ2v) is 6.08. The Morgan fingerprint density at radius 2 is 2.04 bits per heavy atom. The smallest absolute Gasteiger partial charge is 0.356 e. The fourth-order valence-electron chi connectivity index (χ4n) is 2.56. The van der Waals surface area contributed by atoms with E-state index in [-0.39, 0.29) is 17.7 Å². The Balaban J connectivity index is 1.88. The van der Waals surface area contributed by atoms with Gasteiger partial charge in [-0.3, -0.25) is 4.79 Å². The third kappa shape index (κ3) is 2.90. The van der Waals surface area contributed by atoms with Crippen LogP contribution >= 0.6 is 11.6 Å². The summed E-state index contributed by atoms with van der Waals surface area (Å²) in [6.45, 7) is 1.49. The summed E-state index contributed by atoms with van der Waals surface area (Å²) in [4.78, 5) is 35.8. The van der Waals surface area contributed by atoms with E-state index >= 15 is 0 Å². The molecule has 0 saturated heterocycles. The molecule has 0 radical (unpaired) electrons. The molecule has 0 N–H and O–H groups in total. The van der Waals surface area contributed by atoms with Crippen LogP contribution in [0.5, 0.6) is 5.75 Å². The predicted octanol–water partition coefficient (Wildman–Crippen LogP) is 3.23. The van der Waals surface area contributed by atoms with Gasteiger partial charge in [0.05, 0.1) is 11.1 Å². The summed E-state index contributed by atoms with van der Waals surface area (Å²) in [6.07, 6.45) is 0.733. The Kier molecular flexibility index (Phi) is 4.11. The zero-order valence-electron chi connectivity index (χ0n) is 12.7. The number of fused-ring (bicyclic) bond motifs is 1. The average Bonchev–Trinajstić information content (AvgIpc) is 2.56. The minimum Gasteiger partial charge on any atom is -0.443 e. The van der Waals surface area contributed by atoms with E-state index in [4.69, 9.17) is 21.1 Å². The van der Waals surface area contributed by atoms with Gasteiger partial charge in [-0.15, -0.1) is 0 Å². The maximum Gasteiger partial charge on any atom is 0.356 e. The van der Waals surface area contributed by atoms with Gasteiger partial charge < -0.3 is 9.47 Å². The number of rotatable bonds is 3. The fourth-order valence-corrected chi connectivity index (χ4v) is 2.74. The van der Waals surface area contributed by atoms with E-state index in [1.807, 2.05) is 0 Å². The molecule has 2 aromatic rings. The lowest BCUT2D eigenvalue weighted by atomic mass is 9.90. The minimum atomic E-state index is -1.47. The molecule has 0 aromatic heterocycles. The monoisotopic (exact) mass is 344 g/mol. The van der Waals surface area contributed by atoms with E-state index in [2.05, 4.69) is 0 Å². The topological polar surface area (TPSA) is 69.7 Å². The maximum absolute atomic E-state index is 12.5. The second kappa shape index (κ2) is 6.09. The number of hydrogen-bond donors (Lipinski definition) is 0. The quantitative estimate of drug-likeness (QED) is 0.485. The van der Waals surface area contributed by atoms with E-state index < -0.39 is 17.5 Å². The lowest BCUT2D eigenvalue weighted by Crippen LogP contribution is -2.48. The first-order chi connectivity index (χ1) is 11.4. The highest BCUT2D eigenvalue weighted by Crippen LogP contribution is 2.30. The number of carbonyl (C=O) groups is 3. The minimum absolute atomic E-state index is 0.0653. The number of aldehydes is 1.